The van der Waals surface area contributed by atoms with Gasteiger partial charge in [0.05, 0.1) is 22.1 Å². The molecule has 1 saturated heterocycles. The first kappa shape index (κ1) is 24.0. The van der Waals surface area contributed by atoms with E-state index in [1.165, 1.54) is 31.4 Å². The molecule has 2 amide bonds. The van der Waals surface area contributed by atoms with Crippen molar-refractivity contribution in [1.29, 1.82) is 0 Å². The molecule has 4 rings (SSSR count). The fourth-order valence-electron chi connectivity index (χ4n) is 3.13. The molecule has 3 aromatic rings. The standard InChI is InChI=1S/C24H17FINO6S/c1-31-23(29)20-8-6-17(33-20)12-27-22(28)21(34-24(27)30)11-14-5-7-19(18(26)10-14)32-13-15-3-2-4-16(25)9-15/h2-11H,12-13H2,1H3/b21-11+. The molecule has 1 aliphatic rings. The van der Waals surface area contributed by atoms with Crippen LogP contribution in [-0.2, 0) is 22.7 Å². The predicted octanol–water partition coefficient (Wildman–Crippen LogP) is 5.63. The minimum absolute atomic E-state index is 0.00528. The van der Waals surface area contributed by atoms with Crippen molar-refractivity contribution in [3.8, 4) is 5.75 Å². The van der Waals surface area contributed by atoms with Gasteiger partial charge in [-0.2, -0.15) is 0 Å². The molecule has 7 nitrogen and oxygen atoms in total. The number of carbonyl (C=O) groups is 3. The second-order valence-corrected chi connectivity index (χ2v) is 9.29. The minimum Gasteiger partial charge on any atom is -0.488 e. The molecule has 34 heavy (non-hydrogen) atoms. The molecular weight excluding hydrogens is 576 g/mol. The van der Waals surface area contributed by atoms with E-state index in [1.54, 1.807) is 30.3 Å². The van der Waals surface area contributed by atoms with Crippen molar-refractivity contribution in [2.45, 2.75) is 13.2 Å². The van der Waals surface area contributed by atoms with Crippen LogP contribution in [0.25, 0.3) is 6.08 Å². The zero-order valence-electron chi connectivity index (χ0n) is 17.7. The molecule has 0 saturated carbocycles. The Morgan fingerprint density at radius 1 is 1.18 bits per heavy atom. The molecule has 10 heteroatoms. The molecule has 0 spiro atoms. The zero-order chi connectivity index (χ0) is 24.2. The molecule has 0 unspecified atom stereocenters. The number of esters is 1. The van der Waals surface area contributed by atoms with Crippen LogP contribution in [0, 0.1) is 9.39 Å². The highest BCUT2D eigenvalue weighted by Gasteiger charge is 2.35. The summed E-state index contributed by atoms with van der Waals surface area (Å²) in [5, 5.41) is -0.433. The van der Waals surface area contributed by atoms with Gasteiger partial charge in [0, 0.05) is 0 Å². The number of hydrogen-bond donors (Lipinski definition) is 0. The van der Waals surface area contributed by atoms with Gasteiger partial charge in [0.15, 0.2) is 0 Å². The van der Waals surface area contributed by atoms with E-state index < -0.39 is 17.1 Å². The van der Waals surface area contributed by atoms with Crippen molar-refractivity contribution in [1.82, 2.24) is 4.90 Å². The number of halogens is 2. The molecule has 0 N–H and O–H groups in total. The van der Waals surface area contributed by atoms with Gasteiger partial charge in [0.25, 0.3) is 11.1 Å². The lowest BCUT2D eigenvalue weighted by Crippen LogP contribution is -2.27. The van der Waals surface area contributed by atoms with Crippen molar-refractivity contribution < 1.29 is 32.7 Å². The fourth-order valence-corrected chi connectivity index (χ4v) is 4.66. The summed E-state index contributed by atoms with van der Waals surface area (Å²) in [5.41, 5.74) is 1.43. The molecule has 0 radical (unpaired) electrons. The number of thioether (sulfide) groups is 1. The molecular formula is C24H17FINO6S. The topological polar surface area (TPSA) is 86.0 Å². The predicted molar refractivity (Wildman–Crippen MR) is 131 cm³/mol. The molecule has 1 fully saturated rings. The van der Waals surface area contributed by atoms with Gasteiger partial charge in [-0.15, -0.1) is 0 Å². The molecule has 0 aliphatic carbocycles. The Morgan fingerprint density at radius 2 is 2.00 bits per heavy atom. The molecule has 174 valence electrons. The Kier molecular flexibility index (Phi) is 7.37. The normalized spacial score (nSPS) is 14.7. The maximum Gasteiger partial charge on any atom is 0.373 e. The summed E-state index contributed by atoms with van der Waals surface area (Å²) in [6.07, 6.45) is 1.63. The van der Waals surface area contributed by atoms with Crippen molar-refractivity contribution in [3.05, 3.63) is 91.5 Å². The SMILES string of the molecule is COC(=O)c1ccc(CN2C(=O)S/C(=C/c3ccc(OCc4cccc(F)c4)c(I)c3)C2=O)o1. The highest BCUT2D eigenvalue weighted by molar-refractivity contribution is 14.1. The quantitative estimate of drug-likeness (QED) is 0.200. The van der Waals surface area contributed by atoms with Gasteiger partial charge in [-0.1, -0.05) is 18.2 Å². The van der Waals surface area contributed by atoms with Crippen LogP contribution in [0.4, 0.5) is 9.18 Å². The lowest BCUT2D eigenvalue weighted by molar-refractivity contribution is -0.123. The number of imide groups is 1. The molecule has 2 heterocycles. The van der Waals surface area contributed by atoms with E-state index in [2.05, 4.69) is 27.3 Å². The first-order chi connectivity index (χ1) is 16.3. The average Bonchev–Trinajstić information content (AvgIpc) is 3.38. The van der Waals surface area contributed by atoms with E-state index in [-0.39, 0.29) is 29.6 Å². The number of nitrogens with zero attached hydrogens (tertiary/aromatic N) is 1. The van der Waals surface area contributed by atoms with Crippen molar-refractivity contribution >= 4 is 57.5 Å². The lowest BCUT2D eigenvalue weighted by Gasteiger charge is -2.10. The summed E-state index contributed by atoms with van der Waals surface area (Å²) in [5.74, 6) is -0.510. The van der Waals surface area contributed by atoms with Gasteiger partial charge >= 0.3 is 5.97 Å². The summed E-state index contributed by atoms with van der Waals surface area (Å²) in [6.45, 7) is 0.125. The fraction of sp³-hybridized carbons (Fsp3) is 0.125. The first-order valence-corrected chi connectivity index (χ1v) is 11.8. The van der Waals surface area contributed by atoms with E-state index in [0.717, 1.165) is 25.8 Å². The molecule has 1 aliphatic heterocycles. The summed E-state index contributed by atoms with van der Waals surface area (Å²) in [4.78, 5) is 38.0. The Labute approximate surface area is 212 Å². The van der Waals surface area contributed by atoms with Crippen LogP contribution in [0.1, 0.15) is 27.4 Å². The highest BCUT2D eigenvalue weighted by Crippen LogP contribution is 2.34. The monoisotopic (exact) mass is 593 g/mol. The summed E-state index contributed by atoms with van der Waals surface area (Å²) in [6, 6.07) is 14.5. The second kappa shape index (κ2) is 10.4. The lowest BCUT2D eigenvalue weighted by atomic mass is 10.2. The van der Waals surface area contributed by atoms with Crippen LogP contribution in [0.5, 0.6) is 5.75 Å². The average molecular weight is 593 g/mol. The summed E-state index contributed by atoms with van der Waals surface area (Å²) >= 11 is 2.94. The third-order valence-electron chi connectivity index (χ3n) is 4.77. The molecule has 0 bridgehead atoms. The zero-order valence-corrected chi connectivity index (χ0v) is 20.7. The Morgan fingerprint density at radius 3 is 2.74 bits per heavy atom. The third kappa shape index (κ3) is 5.50. The molecule has 2 aromatic carbocycles. The van der Waals surface area contributed by atoms with Gasteiger partial charge in [-0.05, 0) is 88.0 Å². The van der Waals surface area contributed by atoms with E-state index in [4.69, 9.17) is 9.15 Å². The van der Waals surface area contributed by atoms with E-state index >= 15 is 0 Å². The van der Waals surface area contributed by atoms with Crippen LogP contribution < -0.4 is 4.74 Å². The number of hydrogen-bond acceptors (Lipinski definition) is 7. The van der Waals surface area contributed by atoms with Gasteiger partial charge in [-0.25, -0.2) is 9.18 Å². The number of amides is 2. The number of rotatable bonds is 7. The Balaban J connectivity index is 1.43. The van der Waals surface area contributed by atoms with E-state index in [0.29, 0.717) is 17.1 Å². The van der Waals surface area contributed by atoms with Crippen molar-refractivity contribution in [2.24, 2.45) is 0 Å². The third-order valence-corrected chi connectivity index (χ3v) is 6.52. The number of methoxy groups -OCH3 is 1. The van der Waals surface area contributed by atoms with Crippen molar-refractivity contribution in [2.75, 3.05) is 7.11 Å². The van der Waals surface area contributed by atoms with E-state index in [1.807, 2.05) is 6.07 Å². The van der Waals surface area contributed by atoms with Gasteiger partial charge in [0.1, 0.15) is 23.9 Å². The Hall–Kier alpha value is -3.12. The maximum absolute atomic E-state index is 13.3. The molecule has 0 atom stereocenters. The van der Waals surface area contributed by atoms with Crippen molar-refractivity contribution in [3.63, 3.8) is 0 Å². The Bertz CT molecular complexity index is 1300. The number of benzene rings is 2. The van der Waals surface area contributed by atoms with Crippen LogP contribution >= 0.6 is 34.4 Å². The molecule has 1 aromatic heterocycles. The van der Waals surface area contributed by atoms with Gasteiger partial charge in [-0.3, -0.25) is 14.5 Å². The summed E-state index contributed by atoms with van der Waals surface area (Å²) < 4.78 is 29.9. The van der Waals surface area contributed by atoms with Crippen LogP contribution in [0.15, 0.2) is 63.9 Å². The highest BCUT2D eigenvalue weighted by atomic mass is 127. The van der Waals surface area contributed by atoms with Gasteiger partial charge < -0.3 is 13.9 Å². The van der Waals surface area contributed by atoms with Crippen LogP contribution in [-0.4, -0.2) is 29.1 Å². The maximum atomic E-state index is 13.3. The second-order valence-electron chi connectivity index (χ2n) is 7.13. The first-order valence-electron chi connectivity index (χ1n) is 9.93. The number of furan rings is 1. The van der Waals surface area contributed by atoms with Gasteiger partial charge in [0.2, 0.25) is 5.76 Å². The largest absolute Gasteiger partial charge is 0.488 e. The summed E-state index contributed by atoms with van der Waals surface area (Å²) in [7, 11) is 1.23. The van der Waals surface area contributed by atoms with Crippen LogP contribution in [0.3, 0.4) is 0 Å². The number of ether oxygens (including phenoxy) is 2. The van der Waals surface area contributed by atoms with Crippen LogP contribution in [0.2, 0.25) is 0 Å². The number of carbonyl (C=O) groups excluding carboxylic acids is 3. The minimum atomic E-state index is -0.641. The van der Waals surface area contributed by atoms with E-state index in [9.17, 15) is 18.8 Å². The smallest absolute Gasteiger partial charge is 0.373 e.